The van der Waals surface area contributed by atoms with Gasteiger partial charge in [0.15, 0.2) is 5.82 Å². The maximum absolute atomic E-state index is 13.1. The Morgan fingerprint density at radius 3 is 2.76 bits per heavy atom. The average molecular weight is 344 g/mol. The Labute approximate surface area is 145 Å². The summed E-state index contributed by atoms with van der Waals surface area (Å²) in [6.45, 7) is 4.96. The molecule has 1 atom stereocenters. The zero-order valence-electron chi connectivity index (χ0n) is 14.2. The normalized spacial score (nSPS) is 23.4. The standard InChI is InChI=1S/C18H21FN4O2/c1-13-15(3-8-25-13)16(24)22-7-5-18(11-22)4-2-6-23(12-18)17-20-9-14(19)10-21-17/h3,8-10H,2,4-7,11-12H2,1H3. The van der Waals surface area contributed by atoms with Crippen LogP contribution in [0.3, 0.4) is 0 Å². The second kappa shape index (κ2) is 6.13. The number of hydrogen-bond donors (Lipinski definition) is 0. The molecule has 4 heterocycles. The van der Waals surface area contributed by atoms with Crippen molar-refractivity contribution in [3.05, 3.63) is 41.9 Å². The Morgan fingerprint density at radius 1 is 1.24 bits per heavy atom. The summed E-state index contributed by atoms with van der Waals surface area (Å²) in [5.41, 5.74) is 0.704. The predicted octanol–water partition coefficient (Wildman–Crippen LogP) is 2.65. The van der Waals surface area contributed by atoms with Crippen LogP contribution < -0.4 is 4.90 Å². The third kappa shape index (κ3) is 2.99. The molecule has 1 unspecified atom stereocenters. The lowest BCUT2D eigenvalue weighted by atomic mass is 9.79. The number of aryl methyl sites for hydroxylation is 1. The minimum Gasteiger partial charge on any atom is -0.469 e. The number of carbonyl (C=O) groups is 1. The molecule has 0 saturated carbocycles. The summed E-state index contributed by atoms with van der Waals surface area (Å²) in [4.78, 5) is 25.0. The highest BCUT2D eigenvalue weighted by Gasteiger charge is 2.43. The Kier molecular flexibility index (Phi) is 3.94. The Morgan fingerprint density at radius 2 is 2.04 bits per heavy atom. The van der Waals surface area contributed by atoms with E-state index in [1.54, 1.807) is 12.3 Å². The van der Waals surface area contributed by atoms with Crippen molar-refractivity contribution in [2.75, 3.05) is 31.1 Å². The molecule has 2 aromatic rings. The van der Waals surface area contributed by atoms with E-state index in [0.29, 0.717) is 17.3 Å². The van der Waals surface area contributed by atoms with E-state index in [9.17, 15) is 9.18 Å². The number of nitrogens with zero attached hydrogens (tertiary/aromatic N) is 4. The minimum atomic E-state index is -0.427. The van der Waals surface area contributed by atoms with Gasteiger partial charge in [0.1, 0.15) is 5.76 Å². The van der Waals surface area contributed by atoms with E-state index in [2.05, 4.69) is 14.9 Å². The molecule has 0 N–H and O–H groups in total. The maximum atomic E-state index is 13.1. The number of carbonyl (C=O) groups excluding carboxylic acids is 1. The van der Waals surface area contributed by atoms with Crippen LogP contribution in [0.15, 0.2) is 29.1 Å². The number of likely N-dealkylation sites (tertiary alicyclic amines) is 1. The van der Waals surface area contributed by atoms with Gasteiger partial charge in [-0.05, 0) is 32.3 Å². The molecule has 132 valence electrons. The quantitative estimate of drug-likeness (QED) is 0.838. The molecule has 2 fully saturated rings. The lowest BCUT2D eigenvalue weighted by Crippen LogP contribution is -2.46. The molecule has 2 aromatic heterocycles. The molecule has 1 spiro atoms. The van der Waals surface area contributed by atoms with Crippen molar-refractivity contribution in [2.24, 2.45) is 5.41 Å². The molecule has 7 heteroatoms. The van der Waals surface area contributed by atoms with Crippen LogP contribution in [0, 0.1) is 18.2 Å². The van der Waals surface area contributed by atoms with Crippen molar-refractivity contribution < 1.29 is 13.6 Å². The van der Waals surface area contributed by atoms with Gasteiger partial charge in [0.25, 0.3) is 5.91 Å². The molecule has 0 bridgehead atoms. The van der Waals surface area contributed by atoms with E-state index in [1.807, 2.05) is 11.8 Å². The van der Waals surface area contributed by atoms with Crippen LogP contribution >= 0.6 is 0 Å². The van der Waals surface area contributed by atoms with E-state index >= 15 is 0 Å². The van der Waals surface area contributed by atoms with Gasteiger partial charge in [-0.15, -0.1) is 0 Å². The fourth-order valence-electron chi connectivity index (χ4n) is 4.07. The molecule has 2 saturated heterocycles. The number of furan rings is 1. The zero-order chi connectivity index (χ0) is 17.4. The van der Waals surface area contributed by atoms with Crippen LogP contribution in [0.2, 0.25) is 0 Å². The first-order chi connectivity index (χ1) is 12.1. The first kappa shape index (κ1) is 16.1. The Bertz CT molecular complexity index is 776. The van der Waals surface area contributed by atoms with Gasteiger partial charge in [-0.25, -0.2) is 14.4 Å². The predicted molar refractivity (Wildman–Crippen MR) is 89.8 cm³/mol. The van der Waals surface area contributed by atoms with Gasteiger partial charge in [0, 0.05) is 31.6 Å². The third-order valence-corrected chi connectivity index (χ3v) is 5.37. The SMILES string of the molecule is Cc1occc1C(=O)N1CCC2(CCCN(c3ncc(F)cn3)C2)C1. The minimum absolute atomic E-state index is 0.0401. The summed E-state index contributed by atoms with van der Waals surface area (Å²) < 4.78 is 18.3. The van der Waals surface area contributed by atoms with Gasteiger partial charge in [-0.3, -0.25) is 4.79 Å². The van der Waals surface area contributed by atoms with Crippen LogP contribution in [0.1, 0.15) is 35.4 Å². The molecule has 2 aliphatic heterocycles. The monoisotopic (exact) mass is 344 g/mol. The van der Waals surface area contributed by atoms with Crippen molar-refractivity contribution in [1.82, 2.24) is 14.9 Å². The number of amides is 1. The third-order valence-electron chi connectivity index (χ3n) is 5.37. The summed E-state index contributed by atoms with van der Waals surface area (Å²) in [5, 5.41) is 0. The second-order valence-corrected chi connectivity index (χ2v) is 7.09. The van der Waals surface area contributed by atoms with Crippen LogP contribution in [0.25, 0.3) is 0 Å². The van der Waals surface area contributed by atoms with Crippen molar-refractivity contribution in [2.45, 2.75) is 26.2 Å². The van der Waals surface area contributed by atoms with Gasteiger partial charge < -0.3 is 14.2 Å². The van der Waals surface area contributed by atoms with Crippen LogP contribution in [0.5, 0.6) is 0 Å². The summed E-state index contributed by atoms with van der Waals surface area (Å²) >= 11 is 0. The van der Waals surface area contributed by atoms with Crippen molar-refractivity contribution in [3.63, 3.8) is 0 Å². The van der Waals surface area contributed by atoms with Gasteiger partial charge in [-0.1, -0.05) is 0 Å². The number of rotatable bonds is 2. The second-order valence-electron chi connectivity index (χ2n) is 7.09. The molecule has 0 radical (unpaired) electrons. The Hall–Kier alpha value is -2.44. The highest BCUT2D eigenvalue weighted by Crippen LogP contribution is 2.40. The topological polar surface area (TPSA) is 62.5 Å². The fraction of sp³-hybridized carbons (Fsp3) is 0.500. The molecule has 2 aliphatic rings. The van der Waals surface area contributed by atoms with E-state index < -0.39 is 5.82 Å². The number of anilines is 1. The molecule has 0 aliphatic carbocycles. The summed E-state index contributed by atoms with van der Waals surface area (Å²) in [6.07, 6.45) is 7.04. The van der Waals surface area contributed by atoms with E-state index in [-0.39, 0.29) is 11.3 Å². The number of halogens is 1. The zero-order valence-corrected chi connectivity index (χ0v) is 14.2. The van der Waals surface area contributed by atoms with E-state index in [1.165, 1.54) is 12.4 Å². The molecule has 0 aromatic carbocycles. The first-order valence-corrected chi connectivity index (χ1v) is 8.62. The average Bonchev–Trinajstić information content (AvgIpc) is 3.22. The van der Waals surface area contributed by atoms with Crippen molar-refractivity contribution in [3.8, 4) is 0 Å². The van der Waals surface area contributed by atoms with Crippen molar-refractivity contribution >= 4 is 11.9 Å². The number of aromatic nitrogens is 2. The van der Waals surface area contributed by atoms with Gasteiger partial charge in [0.05, 0.1) is 24.2 Å². The van der Waals surface area contributed by atoms with Crippen LogP contribution in [-0.4, -0.2) is 47.0 Å². The molecule has 6 nitrogen and oxygen atoms in total. The van der Waals surface area contributed by atoms with E-state index in [4.69, 9.17) is 4.42 Å². The van der Waals surface area contributed by atoms with Crippen LogP contribution in [0.4, 0.5) is 10.3 Å². The smallest absolute Gasteiger partial charge is 0.257 e. The highest BCUT2D eigenvalue weighted by atomic mass is 19.1. The number of hydrogen-bond acceptors (Lipinski definition) is 5. The molecule has 25 heavy (non-hydrogen) atoms. The fourth-order valence-corrected chi connectivity index (χ4v) is 4.07. The summed E-state index contributed by atoms with van der Waals surface area (Å²) in [7, 11) is 0. The van der Waals surface area contributed by atoms with Crippen LogP contribution in [-0.2, 0) is 0 Å². The summed E-state index contributed by atoms with van der Waals surface area (Å²) in [6, 6.07) is 1.74. The van der Waals surface area contributed by atoms with Gasteiger partial charge >= 0.3 is 0 Å². The van der Waals surface area contributed by atoms with Crippen molar-refractivity contribution in [1.29, 1.82) is 0 Å². The molecule has 4 rings (SSSR count). The number of piperidine rings is 1. The van der Waals surface area contributed by atoms with Gasteiger partial charge in [0.2, 0.25) is 5.95 Å². The Balaban J connectivity index is 1.48. The summed E-state index contributed by atoms with van der Waals surface area (Å²) in [5.74, 6) is 0.841. The maximum Gasteiger partial charge on any atom is 0.257 e. The molecular weight excluding hydrogens is 323 g/mol. The lowest BCUT2D eigenvalue weighted by molar-refractivity contribution is 0.0765. The van der Waals surface area contributed by atoms with E-state index in [0.717, 1.165) is 45.4 Å². The molecule has 1 amide bonds. The molecular formula is C18H21FN4O2. The van der Waals surface area contributed by atoms with Gasteiger partial charge in [-0.2, -0.15) is 0 Å². The lowest BCUT2D eigenvalue weighted by Gasteiger charge is -2.40. The first-order valence-electron chi connectivity index (χ1n) is 8.62. The highest BCUT2D eigenvalue weighted by molar-refractivity contribution is 5.95. The largest absolute Gasteiger partial charge is 0.469 e.